The van der Waals surface area contributed by atoms with E-state index in [1.807, 2.05) is 91.0 Å². The van der Waals surface area contributed by atoms with Crippen molar-refractivity contribution >= 4 is 113 Å². The lowest BCUT2D eigenvalue weighted by molar-refractivity contribution is -0.385. The van der Waals surface area contributed by atoms with Crippen LogP contribution in [0.2, 0.25) is 0 Å². The molecule has 5 aromatic carbocycles. The highest BCUT2D eigenvalue weighted by molar-refractivity contribution is 9.11. The van der Waals surface area contributed by atoms with E-state index in [4.69, 9.17) is 85.8 Å². The molecule has 0 aliphatic carbocycles. The van der Waals surface area contributed by atoms with Gasteiger partial charge in [0.2, 0.25) is 29.5 Å². The highest BCUT2D eigenvalue weighted by atomic mass is 79.9. The third kappa shape index (κ3) is 53.3. The molecule has 5 aromatic rings. The molecular formula is C76H118Br3N21O18. The van der Waals surface area contributed by atoms with Crippen LogP contribution in [0.5, 0.6) is 5.75 Å². The number of hydrogen-bond donors (Lipinski definition) is 15. The number of halogens is 3. The number of hydrazine groups is 5. The third-order valence-corrected chi connectivity index (χ3v) is 17.2. The lowest BCUT2D eigenvalue weighted by atomic mass is 10.1. The number of nitrogens with zero attached hydrogens (tertiary/aromatic N) is 6. The number of esters is 5. The Hall–Kier alpha value is -9.16. The summed E-state index contributed by atoms with van der Waals surface area (Å²) in [5.41, 5.74) is 71.9. The summed E-state index contributed by atoms with van der Waals surface area (Å²) in [5.74, 6) is -3.11. The van der Waals surface area contributed by atoms with Gasteiger partial charge in [0.1, 0.15) is 71.5 Å². The zero-order chi connectivity index (χ0) is 88.5. The van der Waals surface area contributed by atoms with Crippen LogP contribution in [0, 0.1) is 10.1 Å². The van der Waals surface area contributed by atoms with Gasteiger partial charge < -0.3 is 85.8 Å². The van der Waals surface area contributed by atoms with E-state index in [9.17, 15) is 58.1 Å². The van der Waals surface area contributed by atoms with Crippen LogP contribution >= 0.6 is 47.8 Å². The number of likely N-dealkylation sites (N-methyl/N-ethyl adjacent to an activating group) is 5. The minimum atomic E-state index is -0.632. The average molecular weight is 1850 g/mol. The highest BCUT2D eigenvalue weighted by Gasteiger charge is 2.21. The molecule has 0 fully saturated rings. The fourth-order valence-electron chi connectivity index (χ4n) is 9.72. The first-order valence-corrected chi connectivity index (χ1v) is 39.6. The Morgan fingerprint density at radius 1 is 0.373 bits per heavy atom. The van der Waals surface area contributed by atoms with Gasteiger partial charge in [0.15, 0.2) is 0 Å². The fraction of sp³-hybridized carbons (Fsp3) is 0.474. The van der Waals surface area contributed by atoms with Crippen molar-refractivity contribution in [2.75, 3.05) is 108 Å². The molecule has 39 nitrogen and oxygen atoms in total. The van der Waals surface area contributed by atoms with Crippen molar-refractivity contribution in [3.8, 4) is 5.75 Å². The Balaban J connectivity index is 0.000000738. The van der Waals surface area contributed by atoms with E-state index in [1.54, 1.807) is 47.4 Å². The molecule has 118 heavy (non-hydrogen) atoms. The van der Waals surface area contributed by atoms with Gasteiger partial charge in [-0.05, 0) is 118 Å². The molecule has 0 spiro atoms. The van der Waals surface area contributed by atoms with E-state index in [0.29, 0.717) is 76.1 Å². The monoisotopic (exact) mass is 1850 g/mol. The van der Waals surface area contributed by atoms with Crippen molar-refractivity contribution in [3.05, 3.63) is 173 Å². The Kier molecular flexibility index (Phi) is 57.0. The molecule has 0 unspecified atom stereocenters. The maximum Gasteiger partial charge on any atom is 0.322 e. The Labute approximate surface area is 713 Å². The van der Waals surface area contributed by atoms with Gasteiger partial charge in [-0.15, -0.1) is 0 Å². The topological polar surface area (TPSA) is 606 Å². The molecular weight excluding hydrogens is 1730 g/mol. The van der Waals surface area contributed by atoms with Crippen LogP contribution in [0.25, 0.3) is 0 Å². The van der Waals surface area contributed by atoms with Gasteiger partial charge in [0.05, 0.1) is 17.6 Å². The molecule has 0 saturated carbocycles. The zero-order valence-corrected chi connectivity index (χ0v) is 72.3. The Morgan fingerprint density at radius 2 is 0.669 bits per heavy atom. The number of nitro groups is 1. The molecule has 5 rings (SSSR count). The molecule has 25 N–H and O–H groups in total. The Morgan fingerprint density at radius 3 is 1.00 bits per heavy atom. The largest absolute Gasteiger partial charge is 0.496 e. The van der Waals surface area contributed by atoms with Crippen LogP contribution in [0.15, 0.2) is 135 Å². The van der Waals surface area contributed by atoms with Crippen LogP contribution < -0.4 is 89.2 Å². The van der Waals surface area contributed by atoms with Gasteiger partial charge in [0, 0.05) is 128 Å². The number of nitrogens with one attached hydrogen (secondary N) is 5. The van der Waals surface area contributed by atoms with E-state index < -0.39 is 34.8 Å². The quantitative estimate of drug-likeness (QED) is 0.0112. The van der Waals surface area contributed by atoms with Gasteiger partial charge in [-0.25, -0.2) is 25.0 Å². The summed E-state index contributed by atoms with van der Waals surface area (Å²) in [6, 6.07) is 34.3. The smallest absolute Gasteiger partial charge is 0.322 e. The second-order valence-corrected chi connectivity index (χ2v) is 29.2. The van der Waals surface area contributed by atoms with Crippen molar-refractivity contribution < 1.29 is 81.3 Å². The van der Waals surface area contributed by atoms with Gasteiger partial charge in [-0.2, -0.15) is 0 Å². The minimum absolute atomic E-state index is 0.0472. The molecule has 5 atom stereocenters. The standard InChI is InChI=1S/C16H26N4O4.3C15H23BrN4O3.C15H23N5O5/c1-20(19-15(21)9-13(18)7-8-17)10-16(22)24-11-12-5-3-4-6-14(12)23-2;1-20(19-14(21)8-13(18)6-7-17)9-15(22)23-10-11-2-4-12(16)5-3-11;1-20(19-14(21)8-13(18)5-6-17)9-15(22)23-10-11-3-2-4-12(16)7-11;1-20(19-14(21)8-12(18)6-7-17)9-15(22)23-10-11-4-2-3-5-13(11)16;1-19(18-14(21)8-12(17)6-7-16)9-15(22)25-10-11-4-2-3-5-13(11)20(23)24/h3-6,13H,7-11,17-18H2,1-2H3,(H,19,21);2-5,13H,6-10,17-18H2,1H3,(H,19,21);2-4,7,13H,5-6,8-10,17-18H2,1H3,(H,19,21);2-5,12H,6-10,17-18H2,1H3,(H,19,21);2-5,12H,6-10,16-17H2,1H3,(H,18,21)/t3*13-;2*12-/m00000/s1. The van der Waals surface area contributed by atoms with E-state index in [2.05, 4.69) is 74.9 Å². The molecule has 0 radical (unpaired) electrons. The lowest BCUT2D eigenvalue weighted by Crippen LogP contribution is -2.44. The van der Waals surface area contributed by atoms with E-state index in [1.165, 1.54) is 50.3 Å². The molecule has 42 heteroatoms. The van der Waals surface area contributed by atoms with Gasteiger partial charge in [0.25, 0.3) is 5.69 Å². The number of methoxy groups -OCH3 is 1. The molecule has 0 saturated heterocycles. The number of carbonyl (C=O) groups excluding carboxylic acids is 10. The van der Waals surface area contributed by atoms with E-state index >= 15 is 0 Å². The summed E-state index contributed by atoms with van der Waals surface area (Å²) < 4.78 is 33.6. The molecule has 0 bridgehead atoms. The minimum Gasteiger partial charge on any atom is -0.496 e. The van der Waals surface area contributed by atoms with Gasteiger partial charge in [-0.3, -0.25) is 85.2 Å². The zero-order valence-electron chi connectivity index (χ0n) is 67.6. The third-order valence-electron chi connectivity index (χ3n) is 15.4. The first kappa shape index (κ1) is 107. The maximum absolute atomic E-state index is 11.8. The number of amides is 5. The summed E-state index contributed by atoms with van der Waals surface area (Å²) >= 11 is 10.1. The summed E-state index contributed by atoms with van der Waals surface area (Å²) in [6.45, 7) is 2.12. The Bertz CT molecular complexity index is 3830. The number of nitrogens with two attached hydrogens (primary N) is 10. The van der Waals surface area contributed by atoms with Gasteiger partial charge in [-0.1, -0.05) is 121 Å². The van der Waals surface area contributed by atoms with E-state index in [0.717, 1.165) is 35.7 Å². The summed E-state index contributed by atoms with van der Waals surface area (Å²) in [7, 11) is 9.40. The number of benzene rings is 5. The average Bonchev–Trinajstić information content (AvgIpc) is 0.869. The molecule has 0 aromatic heterocycles. The van der Waals surface area contributed by atoms with Gasteiger partial charge >= 0.3 is 29.8 Å². The first-order chi connectivity index (χ1) is 56.0. The maximum atomic E-state index is 11.8. The fourth-order valence-corrected chi connectivity index (χ4v) is 10.8. The van der Waals surface area contributed by atoms with Crippen molar-refractivity contribution in [1.82, 2.24) is 52.2 Å². The normalized spacial score (nSPS) is 12.0. The summed E-state index contributed by atoms with van der Waals surface area (Å²) in [6.07, 6.45) is 3.54. The first-order valence-electron chi connectivity index (χ1n) is 37.2. The number of carbonyl (C=O) groups is 10. The summed E-state index contributed by atoms with van der Waals surface area (Å²) in [4.78, 5) is 128. The highest BCUT2D eigenvalue weighted by Crippen LogP contribution is 2.21. The van der Waals surface area contributed by atoms with Crippen molar-refractivity contribution in [1.29, 1.82) is 0 Å². The van der Waals surface area contributed by atoms with Crippen LogP contribution in [-0.2, 0) is 105 Å². The number of ether oxygens (including phenoxy) is 6. The molecule has 0 heterocycles. The molecule has 0 aliphatic rings. The lowest BCUT2D eigenvalue weighted by Gasteiger charge is -2.18. The van der Waals surface area contributed by atoms with Crippen molar-refractivity contribution in [2.45, 2.75) is 127 Å². The summed E-state index contributed by atoms with van der Waals surface area (Å²) in [5, 5.41) is 17.6. The molecule has 0 aliphatic heterocycles. The van der Waals surface area contributed by atoms with Crippen LogP contribution in [0.3, 0.4) is 0 Å². The predicted molar refractivity (Wildman–Crippen MR) is 453 cm³/mol. The number of nitro benzene ring substituents is 1. The SMILES string of the molecule is CN(CC(=O)OCc1ccc(Br)cc1)NC(=O)C[C@@H](N)CCN.CN(CC(=O)OCc1cccc(Br)c1)NC(=O)C[C@@H](N)CCN.CN(CC(=O)OCc1ccccc1Br)NC(=O)C[C@@H](N)CCN.CN(CC(=O)OCc1ccccc1[N+](=O)[O-])NC(=O)C[C@@H](N)CCN.COc1ccccc1COC(=O)CN(C)NC(=O)C[C@@H](N)CCN. The van der Waals surface area contributed by atoms with E-state index in [-0.39, 0.29) is 163 Å². The van der Waals surface area contributed by atoms with Crippen LogP contribution in [-0.4, -0.2) is 227 Å². The van der Waals surface area contributed by atoms with Crippen molar-refractivity contribution in [2.24, 2.45) is 57.3 Å². The number of rotatable bonds is 47. The molecule has 5 amide bonds. The predicted octanol–water partition coefficient (Wildman–Crippen LogP) is 0.999. The van der Waals surface area contributed by atoms with Crippen LogP contribution in [0.4, 0.5) is 5.69 Å². The molecule has 656 valence electrons. The van der Waals surface area contributed by atoms with Crippen LogP contribution in [0.1, 0.15) is 92.0 Å². The van der Waals surface area contributed by atoms with Crippen molar-refractivity contribution in [3.63, 3.8) is 0 Å². The number of hydrogen-bond acceptors (Lipinski definition) is 33. The number of para-hydroxylation sites is 2. The second-order valence-electron chi connectivity index (χ2n) is 26.5. The second kappa shape index (κ2) is 62.9.